The number of methoxy groups -OCH3 is 1. The van der Waals surface area contributed by atoms with Crippen molar-refractivity contribution in [3.05, 3.63) is 42.0 Å². The maximum Gasteiger partial charge on any atom is 0.272 e. The third-order valence-corrected chi connectivity index (χ3v) is 4.06. The maximum atomic E-state index is 13.2. The highest BCUT2D eigenvalue weighted by Crippen LogP contribution is 2.22. The lowest BCUT2D eigenvalue weighted by molar-refractivity contribution is 0.0771. The molecule has 0 saturated heterocycles. The van der Waals surface area contributed by atoms with Crippen LogP contribution in [0.25, 0.3) is 5.69 Å². The molecule has 0 aliphatic rings. The quantitative estimate of drug-likeness (QED) is 0.576. The Kier molecular flexibility index (Phi) is 6.18. The van der Waals surface area contributed by atoms with E-state index in [1.807, 2.05) is 6.26 Å². The Morgan fingerprint density at radius 1 is 1.39 bits per heavy atom. The Balaban J connectivity index is 2.30. The molecule has 0 aliphatic heterocycles. The summed E-state index contributed by atoms with van der Waals surface area (Å²) in [5.41, 5.74) is 1.17. The van der Waals surface area contributed by atoms with Gasteiger partial charge < -0.3 is 9.64 Å². The van der Waals surface area contributed by atoms with Crippen molar-refractivity contribution in [3.63, 3.8) is 0 Å². The Morgan fingerprint density at radius 2 is 2.09 bits per heavy atom. The predicted molar refractivity (Wildman–Crippen MR) is 88.8 cm³/mol. The van der Waals surface area contributed by atoms with Crippen molar-refractivity contribution in [1.29, 1.82) is 0 Å². The van der Waals surface area contributed by atoms with Gasteiger partial charge in [-0.25, -0.2) is 9.37 Å². The third-order valence-electron chi connectivity index (χ3n) is 3.40. The van der Waals surface area contributed by atoms with Crippen molar-refractivity contribution >= 4 is 17.7 Å². The molecule has 7 heteroatoms. The Hall–Kier alpha value is -1.86. The second kappa shape index (κ2) is 8.12. The van der Waals surface area contributed by atoms with Crippen molar-refractivity contribution < 1.29 is 13.9 Å². The summed E-state index contributed by atoms with van der Waals surface area (Å²) >= 11 is 1.43. The zero-order chi connectivity index (χ0) is 16.8. The number of aromatic nitrogens is 2. The first kappa shape index (κ1) is 17.5. The van der Waals surface area contributed by atoms with Crippen LogP contribution in [0, 0.1) is 5.82 Å². The molecule has 0 atom stereocenters. The zero-order valence-electron chi connectivity index (χ0n) is 13.5. The van der Waals surface area contributed by atoms with E-state index >= 15 is 0 Å². The number of carbonyl (C=O) groups excluding carboxylic acids is 1. The summed E-state index contributed by atoms with van der Waals surface area (Å²) in [5, 5.41) is 0.685. The Labute approximate surface area is 139 Å². The van der Waals surface area contributed by atoms with Gasteiger partial charge in [0, 0.05) is 33.0 Å². The molecule has 0 bridgehead atoms. The van der Waals surface area contributed by atoms with Crippen molar-refractivity contribution in [2.45, 2.75) is 11.6 Å². The molecule has 1 aromatic heterocycles. The van der Waals surface area contributed by atoms with E-state index in [4.69, 9.17) is 4.74 Å². The summed E-state index contributed by atoms with van der Waals surface area (Å²) in [6, 6.07) is 6.02. The first-order chi connectivity index (χ1) is 11.1. The second-order valence-corrected chi connectivity index (χ2v) is 5.79. The van der Waals surface area contributed by atoms with E-state index in [2.05, 4.69) is 4.98 Å². The minimum Gasteiger partial charge on any atom is -0.385 e. The summed E-state index contributed by atoms with van der Waals surface area (Å²) in [6.07, 6.45) is 4.21. The minimum absolute atomic E-state index is 0.127. The Morgan fingerprint density at radius 3 is 2.70 bits per heavy atom. The van der Waals surface area contributed by atoms with Gasteiger partial charge in [0.2, 0.25) is 0 Å². The highest BCUT2D eigenvalue weighted by atomic mass is 32.2. The standard InChI is InChI=1S/C16H20FN3O2S/c1-19(9-4-10-22-2)15(21)14-11-18-16(23-3)20(14)13-7-5-12(17)6-8-13/h5-8,11H,4,9-10H2,1-3H3. The smallest absolute Gasteiger partial charge is 0.272 e. The molecule has 0 unspecified atom stereocenters. The minimum atomic E-state index is -0.316. The lowest BCUT2D eigenvalue weighted by atomic mass is 10.3. The van der Waals surface area contributed by atoms with Crippen LogP contribution in [-0.2, 0) is 4.74 Å². The van der Waals surface area contributed by atoms with Crippen LogP contribution in [0.1, 0.15) is 16.9 Å². The lowest BCUT2D eigenvalue weighted by Gasteiger charge is -2.18. The molecule has 23 heavy (non-hydrogen) atoms. The molecular weight excluding hydrogens is 317 g/mol. The fraction of sp³-hybridized carbons (Fsp3) is 0.375. The molecule has 2 rings (SSSR count). The molecule has 2 aromatic rings. The van der Waals surface area contributed by atoms with Crippen LogP contribution < -0.4 is 0 Å². The molecule has 124 valence electrons. The van der Waals surface area contributed by atoms with Crippen LogP contribution >= 0.6 is 11.8 Å². The monoisotopic (exact) mass is 337 g/mol. The van der Waals surface area contributed by atoms with Crippen LogP contribution in [-0.4, -0.2) is 53.9 Å². The van der Waals surface area contributed by atoms with E-state index in [0.29, 0.717) is 29.7 Å². The van der Waals surface area contributed by atoms with E-state index in [0.717, 1.165) is 6.42 Å². The van der Waals surface area contributed by atoms with Crippen LogP contribution in [0.15, 0.2) is 35.6 Å². The number of thioether (sulfide) groups is 1. The third kappa shape index (κ3) is 4.11. The first-order valence-electron chi connectivity index (χ1n) is 7.20. The number of carbonyl (C=O) groups is 1. The average molecular weight is 337 g/mol. The van der Waals surface area contributed by atoms with Gasteiger partial charge in [0.1, 0.15) is 11.5 Å². The number of hydrogen-bond donors (Lipinski definition) is 0. The molecule has 1 aromatic carbocycles. The van der Waals surface area contributed by atoms with Crippen molar-refractivity contribution in [2.24, 2.45) is 0 Å². The number of imidazole rings is 1. The molecule has 0 aliphatic carbocycles. The van der Waals surface area contributed by atoms with E-state index in [9.17, 15) is 9.18 Å². The summed E-state index contributed by atoms with van der Waals surface area (Å²) in [6.45, 7) is 1.20. The predicted octanol–water partition coefficient (Wildman–Crippen LogP) is 2.84. The normalized spacial score (nSPS) is 10.8. The van der Waals surface area contributed by atoms with Gasteiger partial charge in [-0.15, -0.1) is 0 Å². The van der Waals surface area contributed by atoms with Gasteiger partial charge >= 0.3 is 0 Å². The highest BCUT2D eigenvalue weighted by Gasteiger charge is 2.20. The molecule has 0 radical (unpaired) electrons. The first-order valence-corrected chi connectivity index (χ1v) is 8.43. The van der Waals surface area contributed by atoms with Gasteiger partial charge in [-0.1, -0.05) is 11.8 Å². The van der Waals surface area contributed by atoms with Gasteiger partial charge in [0.15, 0.2) is 5.16 Å². The largest absolute Gasteiger partial charge is 0.385 e. The molecule has 0 N–H and O–H groups in total. The van der Waals surface area contributed by atoms with Crippen LogP contribution in [0.3, 0.4) is 0 Å². The van der Waals surface area contributed by atoms with Crippen molar-refractivity contribution in [2.75, 3.05) is 33.6 Å². The second-order valence-electron chi connectivity index (χ2n) is 5.02. The fourth-order valence-corrected chi connectivity index (χ4v) is 2.76. The van der Waals surface area contributed by atoms with Gasteiger partial charge in [0.25, 0.3) is 5.91 Å². The number of rotatable bonds is 7. The van der Waals surface area contributed by atoms with E-state index < -0.39 is 0 Å². The van der Waals surface area contributed by atoms with Crippen LogP contribution in [0.4, 0.5) is 4.39 Å². The number of benzene rings is 1. The summed E-state index contributed by atoms with van der Waals surface area (Å²) < 4.78 is 19.9. The number of ether oxygens (including phenoxy) is 1. The van der Waals surface area contributed by atoms with Gasteiger partial charge in [-0.3, -0.25) is 9.36 Å². The van der Waals surface area contributed by atoms with Crippen molar-refractivity contribution in [1.82, 2.24) is 14.5 Å². The Bertz CT molecular complexity index is 658. The molecule has 5 nitrogen and oxygen atoms in total. The number of halogens is 1. The highest BCUT2D eigenvalue weighted by molar-refractivity contribution is 7.98. The van der Waals surface area contributed by atoms with Crippen molar-refractivity contribution in [3.8, 4) is 5.69 Å². The lowest BCUT2D eigenvalue weighted by Crippen LogP contribution is -2.30. The van der Waals surface area contributed by atoms with Crippen LogP contribution in [0.5, 0.6) is 0 Å². The maximum absolute atomic E-state index is 13.2. The fourth-order valence-electron chi connectivity index (χ4n) is 2.21. The molecule has 0 saturated carbocycles. The summed E-state index contributed by atoms with van der Waals surface area (Å²) in [7, 11) is 3.38. The van der Waals surface area contributed by atoms with Crippen LogP contribution in [0.2, 0.25) is 0 Å². The van der Waals surface area contributed by atoms with Gasteiger partial charge in [-0.05, 0) is 36.9 Å². The molecule has 0 fully saturated rings. The summed E-state index contributed by atoms with van der Waals surface area (Å²) in [5.74, 6) is -0.442. The van der Waals surface area contributed by atoms with E-state index in [-0.39, 0.29) is 11.7 Å². The topological polar surface area (TPSA) is 47.4 Å². The molecule has 1 amide bonds. The number of nitrogens with zero attached hydrogens (tertiary/aromatic N) is 3. The zero-order valence-corrected chi connectivity index (χ0v) is 14.3. The SMILES string of the molecule is COCCCN(C)C(=O)c1cnc(SC)n1-c1ccc(F)cc1. The van der Waals surface area contributed by atoms with E-state index in [1.54, 1.807) is 42.0 Å². The molecular formula is C16H20FN3O2S. The summed E-state index contributed by atoms with van der Waals surface area (Å²) in [4.78, 5) is 18.6. The van der Waals surface area contributed by atoms with Gasteiger partial charge in [0.05, 0.1) is 6.20 Å². The molecule has 1 heterocycles. The average Bonchev–Trinajstić information content (AvgIpc) is 2.99. The number of amides is 1. The number of hydrogen-bond acceptors (Lipinski definition) is 4. The van der Waals surface area contributed by atoms with Gasteiger partial charge in [-0.2, -0.15) is 0 Å². The van der Waals surface area contributed by atoms with E-state index in [1.165, 1.54) is 23.9 Å². The molecule has 0 spiro atoms.